The van der Waals surface area contributed by atoms with Crippen molar-refractivity contribution < 1.29 is 14.7 Å². The number of carboxylic acid groups (broad SMARTS) is 1. The van der Waals surface area contributed by atoms with E-state index in [9.17, 15) is 14.7 Å². The van der Waals surface area contributed by atoms with Crippen LogP contribution in [0.3, 0.4) is 0 Å². The number of nitrogens with zero attached hydrogens (tertiary/aromatic N) is 3. The molecule has 0 aliphatic carbocycles. The molecule has 3 aromatic rings. The maximum Gasteiger partial charge on any atom is 0.314 e. The molecule has 0 bridgehead atoms. The Hall–Kier alpha value is -3.54. The van der Waals surface area contributed by atoms with Gasteiger partial charge in [0.25, 0.3) is 5.91 Å². The fourth-order valence-electron chi connectivity index (χ4n) is 3.87. The summed E-state index contributed by atoms with van der Waals surface area (Å²) >= 11 is 0. The molecule has 2 heterocycles. The van der Waals surface area contributed by atoms with Gasteiger partial charge >= 0.3 is 5.97 Å². The number of aliphatic carboxylic acids is 1. The number of amides is 1. The molecule has 0 spiro atoms. The topological polar surface area (TPSA) is 83.4 Å². The first kappa shape index (κ1) is 18.8. The Balaban J connectivity index is 1.48. The van der Waals surface area contributed by atoms with Crippen molar-refractivity contribution in [3.05, 3.63) is 84.2 Å². The van der Waals surface area contributed by atoms with Gasteiger partial charge in [-0.25, -0.2) is 9.97 Å². The Morgan fingerprint density at radius 2 is 1.48 bits per heavy atom. The van der Waals surface area contributed by atoms with E-state index in [0.29, 0.717) is 37.3 Å². The average molecular weight is 387 g/mol. The maximum atomic E-state index is 12.9. The molecule has 1 amide bonds. The van der Waals surface area contributed by atoms with Crippen LogP contribution in [0.2, 0.25) is 0 Å². The number of carbonyl (C=O) groups is 2. The minimum Gasteiger partial charge on any atom is -0.481 e. The van der Waals surface area contributed by atoms with E-state index in [1.54, 1.807) is 35.5 Å². The largest absolute Gasteiger partial charge is 0.481 e. The maximum absolute atomic E-state index is 12.9. The molecule has 29 heavy (non-hydrogen) atoms. The van der Waals surface area contributed by atoms with Gasteiger partial charge in [-0.05, 0) is 36.6 Å². The Kier molecular flexibility index (Phi) is 5.08. The number of benzene rings is 2. The zero-order chi connectivity index (χ0) is 20.3. The quantitative estimate of drug-likeness (QED) is 0.742. The van der Waals surface area contributed by atoms with Crippen molar-refractivity contribution in [2.45, 2.75) is 18.3 Å². The smallest absolute Gasteiger partial charge is 0.314 e. The molecule has 1 aliphatic rings. The van der Waals surface area contributed by atoms with Crippen LogP contribution >= 0.6 is 0 Å². The fraction of sp³-hybridized carbons (Fsp3) is 0.217. The van der Waals surface area contributed by atoms with Crippen LogP contribution in [0, 0.1) is 0 Å². The predicted octanol–water partition coefficient (Wildman–Crippen LogP) is 3.40. The van der Waals surface area contributed by atoms with E-state index in [1.807, 2.05) is 42.5 Å². The van der Waals surface area contributed by atoms with Crippen LogP contribution in [0.15, 0.2) is 73.1 Å². The van der Waals surface area contributed by atoms with Crippen molar-refractivity contribution in [1.29, 1.82) is 0 Å². The lowest BCUT2D eigenvalue weighted by atomic mass is 9.73. The van der Waals surface area contributed by atoms with E-state index in [1.165, 1.54) is 0 Å². The van der Waals surface area contributed by atoms with Crippen molar-refractivity contribution in [1.82, 2.24) is 14.9 Å². The number of likely N-dealkylation sites (tertiary alicyclic amines) is 1. The molecule has 0 atom stereocenters. The first-order valence-electron chi connectivity index (χ1n) is 9.56. The summed E-state index contributed by atoms with van der Waals surface area (Å²) in [5.41, 5.74) is 1.28. The van der Waals surface area contributed by atoms with E-state index in [-0.39, 0.29) is 5.91 Å². The zero-order valence-corrected chi connectivity index (χ0v) is 15.9. The number of hydrogen-bond donors (Lipinski definition) is 1. The monoisotopic (exact) mass is 387 g/mol. The molecule has 0 radical (unpaired) electrons. The second kappa shape index (κ2) is 7.83. The SMILES string of the molecule is O=C(c1ccc(-c2ncccn2)cc1)N1CCC(C(=O)O)(c2ccccc2)CC1. The summed E-state index contributed by atoms with van der Waals surface area (Å²) in [6.45, 7) is 0.813. The number of aromatic nitrogens is 2. The number of piperidine rings is 1. The molecule has 146 valence electrons. The molecule has 1 aromatic heterocycles. The second-order valence-corrected chi connectivity index (χ2v) is 7.20. The van der Waals surface area contributed by atoms with Crippen LogP contribution in [0.4, 0.5) is 0 Å². The molecular weight excluding hydrogens is 366 g/mol. The van der Waals surface area contributed by atoms with E-state index in [2.05, 4.69) is 9.97 Å². The van der Waals surface area contributed by atoms with Gasteiger partial charge in [0.05, 0.1) is 5.41 Å². The summed E-state index contributed by atoms with van der Waals surface area (Å²) in [6.07, 6.45) is 4.15. The summed E-state index contributed by atoms with van der Waals surface area (Å²) in [4.78, 5) is 35.2. The molecule has 1 aliphatic heterocycles. The van der Waals surface area contributed by atoms with Gasteiger partial charge in [0.2, 0.25) is 0 Å². The van der Waals surface area contributed by atoms with Crippen LogP contribution in [0.5, 0.6) is 0 Å². The van der Waals surface area contributed by atoms with Crippen molar-refractivity contribution in [3.8, 4) is 11.4 Å². The molecule has 0 saturated carbocycles. The predicted molar refractivity (Wildman–Crippen MR) is 108 cm³/mol. The summed E-state index contributed by atoms with van der Waals surface area (Å²) < 4.78 is 0. The molecule has 1 saturated heterocycles. The lowest BCUT2D eigenvalue weighted by molar-refractivity contribution is -0.145. The lowest BCUT2D eigenvalue weighted by Gasteiger charge is -2.39. The molecule has 4 rings (SSSR count). The number of carboxylic acids is 1. The van der Waals surface area contributed by atoms with Gasteiger partial charge in [0, 0.05) is 36.6 Å². The molecular formula is C23H21N3O3. The average Bonchev–Trinajstić information content (AvgIpc) is 2.80. The molecule has 1 fully saturated rings. The molecule has 6 heteroatoms. The Morgan fingerprint density at radius 3 is 2.07 bits per heavy atom. The normalized spacial score (nSPS) is 15.7. The highest BCUT2D eigenvalue weighted by Gasteiger charge is 2.43. The van der Waals surface area contributed by atoms with E-state index in [0.717, 1.165) is 11.1 Å². The molecule has 1 N–H and O–H groups in total. The number of carbonyl (C=O) groups excluding carboxylic acids is 1. The van der Waals surface area contributed by atoms with Crippen LogP contribution in [0.1, 0.15) is 28.8 Å². The highest BCUT2D eigenvalue weighted by Crippen LogP contribution is 2.36. The third kappa shape index (κ3) is 3.61. The van der Waals surface area contributed by atoms with Crippen LogP contribution in [-0.4, -0.2) is 44.9 Å². The first-order valence-corrected chi connectivity index (χ1v) is 9.56. The standard InChI is InChI=1S/C23H21N3O3/c27-21(18-9-7-17(8-10-18)20-24-13-4-14-25-20)26-15-11-23(12-16-26,22(28)29)19-5-2-1-3-6-19/h1-10,13-14H,11-12,15-16H2,(H,28,29). The van der Waals surface area contributed by atoms with Crippen LogP contribution in [0.25, 0.3) is 11.4 Å². The molecule has 6 nitrogen and oxygen atoms in total. The lowest BCUT2D eigenvalue weighted by Crippen LogP contribution is -2.49. The summed E-state index contributed by atoms with van der Waals surface area (Å²) in [5.74, 6) is -0.306. The highest BCUT2D eigenvalue weighted by atomic mass is 16.4. The van der Waals surface area contributed by atoms with Crippen molar-refractivity contribution in [3.63, 3.8) is 0 Å². The molecule has 2 aromatic carbocycles. The Labute approximate surface area is 168 Å². The van der Waals surface area contributed by atoms with E-state index >= 15 is 0 Å². The van der Waals surface area contributed by atoms with E-state index < -0.39 is 11.4 Å². The van der Waals surface area contributed by atoms with Gasteiger partial charge in [-0.1, -0.05) is 42.5 Å². The Bertz CT molecular complexity index is 997. The Morgan fingerprint density at radius 1 is 0.862 bits per heavy atom. The van der Waals surface area contributed by atoms with E-state index in [4.69, 9.17) is 0 Å². The molecule has 0 unspecified atom stereocenters. The van der Waals surface area contributed by atoms with Gasteiger partial charge in [0.1, 0.15) is 0 Å². The fourth-order valence-corrected chi connectivity index (χ4v) is 3.87. The minimum absolute atomic E-state index is 0.0856. The van der Waals surface area contributed by atoms with Gasteiger partial charge in [0.15, 0.2) is 5.82 Å². The summed E-state index contributed by atoms with van der Waals surface area (Å²) in [5, 5.41) is 9.91. The van der Waals surface area contributed by atoms with Gasteiger partial charge in [-0.3, -0.25) is 9.59 Å². The van der Waals surface area contributed by atoms with Crippen molar-refractivity contribution >= 4 is 11.9 Å². The minimum atomic E-state index is -0.938. The van der Waals surface area contributed by atoms with Gasteiger partial charge in [-0.15, -0.1) is 0 Å². The van der Waals surface area contributed by atoms with Gasteiger partial charge < -0.3 is 10.0 Å². The first-order chi connectivity index (χ1) is 14.1. The summed E-state index contributed by atoms with van der Waals surface area (Å²) in [7, 11) is 0. The highest BCUT2D eigenvalue weighted by molar-refractivity contribution is 5.95. The van der Waals surface area contributed by atoms with Crippen LogP contribution in [-0.2, 0) is 10.2 Å². The summed E-state index contributed by atoms with van der Waals surface area (Å²) in [6, 6.07) is 18.3. The van der Waals surface area contributed by atoms with Crippen molar-refractivity contribution in [2.75, 3.05) is 13.1 Å². The zero-order valence-electron chi connectivity index (χ0n) is 15.9. The van der Waals surface area contributed by atoms with Crippen LogP contribution < -0.4 is 0 Å². The van der Waals surface area contributed by atoms with Crippen molar-refractivity contribution in [2.24, 2.45) is 0 Å². The number of rotatable bonds is 4. The second-order valence-electron chi connectivity index (χ2n) is 7.20. The third-order valence-corrected chi connectivity index (χ3v) is 5.60. The third-order valence-electron chi connectivity index (χ3n) is 5.60. The number of hydrogen-bond acceptors (Lipinski definition) is 4. The van der Waals surface area contributed by atoms with Gasteiger partial charge in [-0.2, -0.15) is 0 Å².